The third-order valence-corrected chi connectivity index (χ3v) is 2.38. The van der Waals surface area contributed by atoms with Gasteiger partial charge in [-0.1, -0.05) is 30.3 Å². The van der Waals surface area contributed by atoms with Gasteiger partial charge in [-0.2, -0.15) is 4.57 Å². The third kappa shape index (κ3) is 3.12. The summed E-state index contributed by atoms with van der Waals surface area (Å²) in [5.74, 6) is 2.12. The maximum absolute atomic E-state index is 5.79. The zero-order valence-corrected chi connectivity index (χ0v) is 8.03. The summed E-state index contributed by atoms with van der Waals surface area (Å²) in [4.78, 5) is 0. The van der Waals surface area contributed by atoms with Crippen LogP contribution in [0.25, 0.3) is 0 Å². The summed E-state index contributed by atoms with van der Waals surface area (Å²) in [6.07, 6.45) is 3.96. The van der Waals surface area contributed by atoms with Crippen molar-refractivity contribution in [1.29, 1.82) is 0 Å². The van der Waals surface area contributed by atoms with E-state index in [-0.39, 0.29) is 0 Å². The molecule has 0 atom stereocenters. The van der Waals surface area contributed by atoms with Crippen LogP contribution in [0.1, 0.15) is 6.92 Å². The molecule has 0 fully saturated rings. The van der Waals surface area contributed by atoms with Gasteiger partial charge in [0.2, 0.25) is 0 Å². The van der Waals surface area contributed by atoms with E-state index in [1.807, 2.05) is 36.3 Å². The number of halogens is 1. The Bertz CT molecular complexity index is 227. The topological polar surface area (TPSA) is 3.88 Å². The molecule has 0 aromatic carbocycles. The van der Waals surface area contributed by atoms with E-state index in [4.69, 9.17) is 11.6 Å². The lowest BCUT2D eigenvalue weighted by molar-refractivity contribution is -0.675. The Hall–Kier alpha value is -0.210. The quantitative estimate of drug-likeness (QED) is 0.659. The van der Waals surface area contributed by atoms with Gasteiger partial charge in [0.1, 0.15) is 5.02 Å². The first kappa shape index (κ1) is 8.88. The van der Waals surface area contributed by atoms with Crippen LogP contribution in [0, 0.1) is 0 Å². The Labute approximate surface area is 76.4 Å². The van der Waals surface area contributed by atoms with Crippen molar-refractivity contribution in [3.05, 3.63) is 29.5 Å². The first-order valence-corrected chi connectivity index (χ1v) is 5.08. The highest BCUT2D eigenvalue weighted by Crippen LogP contribution is 2.03. The number of hydrogen-bond donors (Lipinski definition) is 0. The van der Waals surface area contributed by atoms with Crippen LogP contribution < -0.4 is 4.57 Å². The van der Waals surface area contributed by atoms with Crippen molar-refractivity contribution in [2.75, 3.05) is 5.75 Å². The molecule has 0 amide bonds. The molecule has 1 heterocycles. The molecule has 0 radical (unpaired) electrons. The summed E-state index contributed by atoms with van der Waals surface area (Å²) in [6, 6.07) is 3.84. The summed E-state index contributed by atoms with van der Waals surface area (Å²) in [5.41, 5.74) is 0. The van der Waals surface area contributed by atoms with Gasteiger partial charge in [0.25, 0.3) is 0 Å². The molecule has 0 saturated carbocycles. The first-order chi connectivity index (χ1) is 5.33. The third-order valence-electron chi connectivity index (χ3n) is 1.27. The van der Waals surface area contributed by atoms with Gasteiger partial charge in [-0.25, -0.2) is 0 Å². The van der Waals surface area contributed by atoms with Crippen LogP contribution in [0.5, 0.6) is 0 Å². The molecule has 11 heavy (non-hydrogen) atoms. The van der Waals surface area contributed by atoms with Crippen LogP contribution in [-0.4, -0.2) is 5.75 Å². The number of thioether (sulfide) groups is 1. The minimum absolute atomic E-state index is 0.796. The lowest BCUT2D eigenvalue weighted by Gasteiger charge is -1.93. The van der Waals surface area contributed by atoms with Gasteiger partial charge in [-0.15, -0.1) is 0 Å². The molecule has 0 aliphatic carbocycles. The smallest absolute Gasteiger partial charge is 0.194 e. The van der Waals surface area contributed by atoms with Crippen LogP contribution in [0.15, 0.2) is 24.5 Å². The van der Waals surface area contributed by atoms with E-state index in [1.165, 1.54) is 0 Å². The Balaban J connectivity index is 2.56. The number of rotatable bonds is 3. The first-order valence-electron chi connectivity index (χ1n) is 3.55. The molecule has 0 aliphatic rings. The fraction of sp³-hybridized carbons (Fsp3) is 0.375. The molecule has 0 N–H and O–H groups in total. The maximum Gasteiger partial charge on any atom is 0.194 e. The fourth-order valence-electron chi connectivity index (χ4n) is 0.767. The lowest BCUT2D eigenvalue weighted by atomic mass is 10.5. The van der Waals surface area contributed by atoms with E-state index in [0.29, 0.717) is 0 Å². The summed E-state index contributed by atoms with van der Waals surface area (Å²) >= 11 is 7.67. The maximum atomic E-state index is 5.79. The van der Waals surface area contributed by atoms with E-state index in [2.05, 4.69) is 11.5 Å². The monoisotopic (exact) mass is 188 g/mol. The molecule has 0 saturated heterocycles. The summed E-state index contributed by atoms with van der Waals surface area (Å²) in [7, 11) is 0. The van der Waals surface area contributed by atoms with E-state index in [0.717, 1.165) is 16.7 Å². The van der Waals surface area contributed by atoms with Gasteiger partial charge >= 0.3 is 0 Å². The van der Waals surface area contributed by atoms with Gasteiger partial charge in [0.05, 0.1) is 0 Å². The molecular formula is C8H11ClNS+. The van der Waals surface area contributed by atoms with Gasteiger partial charge in [0.15, 0.2) is 18.3 Å². The predicted octanol–water partition coefficient (Wildman–Crippen LogP) is 2.34. The highest BCUT2D eigenvalue weighted by molar-refractivity contribution is 7.98. The van der Waals surface area contributed by atoms with E-state index in [9.17, 15) is 0 Å². The molecule has 1 aromatic heterocycles. The molecule has 0 bridgehead atoms. The molecule has 1 nitrogen and oxygen atoms in total. The average Bonchev–Trinajstić information content (AvgIpc) is 2.01. The molecular weight excluding hydrogens is 178 g/mol. The molecule has 0 aliphatic heterocycles. The molecule has 0 spiro atoms. The van der Waals surface area contributed by atoms with Crippen molar-refractivity contribution in [2.24, 2.45) is 0 Å². The normalized spacial score (nSPS) is 10.0. The number of nitrogens with zero attached hydrogens (tertiary/aromatic N) is 1. The van der Waals surface area contributed by atoms with Gasteiger partial charge in [0, 0.05) is 6.07 Å². The van der Waals surface area contributed by atoms with Crippen molar-refractivity contribution in [3.63, 3.8) is 0 Å². The van der Waals surface area contributed by atoms with Gasteiger partial charge in [-0.05, 0) is 11.8 Å². The highest BCUT2D eigenvalue weighted by Gasteiger charge is 1.98. The van der Waals surface area contributed by atoms with Crippen LogP contribution >= 0.6 is 23.4 Å². The average molecular weight is 189 g/mol. The molecule has 1 rings (SSSR count). The number of hydrogen-bond acceptors (Lipinski definition) is 1. The molecule has 3 heteroatoms. The number of aromatic nitrogens is 1. The summed E-state index contributed by atoms with van der Waals surface area (Å²) in [6.45, 7) is 2.15. The van der Waals surface area contributed by atoms with E-state index in [1.54, 1.807) is 0 Å². The zero-order chi connectivity index (χ0) is 8.10. The van der Waals surface area contributed by atoms with E-state index < -0.39 is 0 Å². The predicted molar refractivity (Wildman–Crippen MR) is 49.8 cm³/mol. The molecule has 1 aromatic rings. The molecule has 0 unspecified atom stereocenters. The second-order valence-electron chi connectivity index (χ2n) is 2.16. The van der Waals surface area contributed by atoms with Crippen LogP contribution in [0.2, 0.25) is 5.02 Å². The van der Waals surface area contributed by atoms with E-state index >= 15 is 0 Å². The Morgan fingerprint density at radius 1 is 1.64 bits per heavy atom. The van der Waals surface area contributed by atoms with Crippen molar-refractivity contribution in [2.45, 2.75) is 12.8 Å². The Morgan fingerprint density at radius 2 is 2.45 bits per heavy atom. The highest BCUT2D eigenvalue weighted by atomic mass is 35.5. The Morgan fingerprint density at radius 3 is 3.09 bits per heavy atom. The zero-order valence-electron chi connectivity index (χ0n) is 6.46. The van der Waals surface area contributed by atoms with Crippen LogP contribution in [0.4, 0.5) is 0 Å². The second kappa shape index (κ2) is 4.62. The van der Waals surface area contributed by atoms with Crippen molar-refractivity contribution in [3.8, 4) is 0 Å². The SMILES string of the molecule is CCSC[n+]1cccc(Cl)c1. The van der Waals surface area contributed by atoms with Gasteiger partial charge < -0.3 is 0 Å². The lowest BCUT2D eigenvalue weighted by Crippen LogP contribution is -2.30. The van der Waals surface area contributed by atoms with Crippen LogP contribution in [-0.2, 0) is 5.88 Å². The second-order valence-corrected chi connectivity index (χ2v) is 3.84. The number of pyridine rings is 1. The van der Waals surface area contributed by atoms with Crippen molar-refractivity contribution < 1.29 is 4.57 Å². The fourth-order valence-corrected chi connectivity index (χ4v) is 1.52. The summed E-state index contributed by atoms with van der Waals surface area (Å²) in [5, 5.41) is 0.796. The van der Waals surface area contributed by atoms with Gasteiger partial charge in [-0.3, -0.25) is 0 Å². The summed E-state index contributed by atoms with van der Waals surface area (Å²) < 4.78 is 2.08. The minimum atomic E-state index is 0.796. The largest absolute Gasteiger partial charge is 0.194 e. The van der Waals surface area contributed by atoms with Crippen molar-refractivity contribution in [1.82, 2.24) is 0 Å². The minimum Gasteiger partial charge on any atom is -0.194 e. The van der Waals surface area contributed by atoms with Crippen molar-refractivity contribution >= 4 is 23.4 Å². The molecule has 60 valence electrons. The van der Waals surface area contributed by atoms with Crippen LogP contribution in [0.3, 0.4) is 0 Å². The standard InChI is InChI=1S/C8H11ClNS/c1-2-11-7-10-5-3-4-8(9)6-10/h3-6H,2,7H2,1H3/q+1. The Kier molecular flexibility index (Phi) is 3.73.